The van der Waals surface area contributed by atoms with Gasteiger partial charge in [0.15, 0.2) is 0 Å². The maximum atomic E-state index is 13.4. The lowest BCUT2D eigenvalue weighted by molar-refractivity contribution is 0.0681. The summed E-state index contributed by atoms with van der Waals surface area (Å²) >= 11 is 0. The fourth-order valence-corrected chi connectivity index (χ4v) is 3.18. The lowest BCUT2D eigenvalue weighted by Crippen LogP contribution is -2.42. The Balaban J connectivity index is 1.45. The molecule has 0 saturated heterocycles. The standard InChI is InChI=1S/C20H19FN4O3/c21-16-6-4-5-15(13-16)14-23-9-10-24-18(19(23)26)22-25(20(24)27)11-12-28-17-7-2-1-3-8-17/h1-8,13H,9-12,14H2. The van der Waals surface area contributed by atoms with Crippen LogP contribution in [0.15, 0.2) is 59.4 Å². The zero-order valence-corrected chi connectivity index (χ0v) is 15.1. The number of carbonyl (C=O) groups is 1. The average Bonchev–Trinajstić information content (AvgIpc) is 3.02. The van der Waals surface area contributed by atoms with Gasteiger partial charge in [-0.05, 0) is 29.8 Å². The highest BCUT2D eigenvalue weighted by molar-refractivity contribution is 5.91. The first kappa shape index (κ1) is 18.0. The van der Waals surface area contributed by atoms with E-state index in [1.54, 1.807) is 17.0 Å². The highest BCUT2D eigenvalue weighted by Crippen LogP contribution is 2.14. The van der Waals surface area contributed by atoms with Crippen LogP contribution in [0.1, 0.15) is 16.2 Å². The van der Waals surface area contributed by atoms with Crippen molar-refractivity contribution in [3.8, 4) is 5.75 Å². The minimum Gasteiger partial charge on any atom is -0.492 e. The lowest BCUT2D eigenvalue weighted by Gasteiger charge is -2.26. The number of hydrogen-bond acceptors (Lipinski definition) is 4. The molecule has 0 atom stereocenters. The number of nitrogens with zero attached hydrogens (tertiary/aromatic N) is 4. The molecule has 0 fully saturated rings. The predicted octanol–water partition coefficient (Wildman–Crippen LogP) is 1.92. The van der Waals surface area contributed by atoms with Crippen molar-refractivity contribution < 1.29 is 13.9 Å². The van der Waals surface area contributed by atoms with E-state index in [1.807, 2.05) is 30.3 Å². The van der Waals surface area contributed by atoms with Crippen LogP contribution < -0.4 is 10.4 Å². The molecular formula is C20H19FN4O3. The number of fused-ring (bicyclic) bond motifs is 1. The summed E-state index contributed by atoms with van der Waals surface area (Å²) in [5.74, 6) is 0.126. The van der Waals surface area contributed by atoms with Crippen LogP contribution >= 0.6 is 0 Å². The number of ether oxygens (including phenoxy) is 1. The minimum absolute atomic E-state index is 0.104. The van der Waals surface area contributed by atoms with Crippen LogP contribution in [0.4, 0.5) is 4.39 Å². The van der Waals surface area contributed by atoms with Gasteiger partial charge in [0.05, 0.1) is 6.54 Å². The van der Waals surface area contributed by atoms with E-state index in [0.29, 0.717) is 24.4 Å². The summed E-state index contributed by atoms with van der Waals surface area (Å²) in [5, 5.41) is 4.19. The molecule has 1 amide bonds. The maximum absolute atomic E-state index is 13.4. The Hall–Kier alpha value is -3.42. The maximum Gasteiger partial charge on any atom is 0.346 e. The second-order valence-electron chi connectivity index (χ2n) is 6.50. The summed E-state index contributed by atoms with van der Waals surface area (Å²) in [7, 11) is 0. The summed E-state index contributed by atoms with van der Waals surface area (Å²) < 4.78 is 21.6. The zero-order valence-electron chi connectivity index (χ0n) is 15.1. The number of para-hydroxylation sites is 1. The molecule has 2 heterocycles. The van der Waals surface area contributed by atoms with E-state index in [9.17, 15) is 14.0 Å². The quantitative estimate of drug-likeness (QED) is 0.653. The van der Waals surface area contributed by atoms with Crippen molar-refractivity contribution >= 4 is 5.91 Å². The van der Waals surface area contributed by atoms with Gasteiger partial charge in [-0.1, -0.05) is 30.3 Å². The third-order valence-corrected chi connectivity index (χ3v) is 4.57. The van der Waals surface area contributed by atoms with Gasteiger partial charge in [-0.2, -0.15) is 0 Å². The van der Waals surface area contributed by atoms with Crippen LogP contribution in [0.3, 0.4) is 0 Å². The van der Waals surface area contributed by atoms with Crippen LogP contribution in [-0.4, -0.2) is 38.3 Å². The van der Waals surface area contributed by atoms with Gasteiger partial charge >= 0.3 is 5.69 Å². The lowest BCUT2D eigenvalue weighted by atomic mass is 10.2. The molecular weight excluding hydrogens is 363 g/mol. The van der Waals surface area contributed by atoms with E-state index in [1.165, 1.54) is 21.4 Å². The van der Waals surface area contributed by atoms with Crippen molar-refractivity contribution in [2.75, 3.05) is 13.2 Å². The molecule has 4 rings (SSSR count). The molecule has 1 aliphatic heterocycles. The van der Waals surface area contributed by atoms with Crippen LogP contribution in [0.25, 0.3) is 0 Å². The topological polar surface area (TPSA) is 69.4 Å². The SMILES string of the molecule is O=C1c2nn(CCOc3ccccc3)c(=O)n2CCN1Cc1cccc(F)c1. The molecule has 8 heteroatoms. The third-order valence-electron chi connectivity index (χ3n) is 4.57. The highest BCUT2D eigenvalue weighted by atomic mass is 19.1. The molecule has 0 spiro atoms. The molecule has 1 aromatic heterocycles. The smallest absolute Gasteiger partial charge is 0.346 e. The Bertz CT molecular complexity index is 1050. The molecule has 1 aliphatic rings. The molecule has 28 heavy (non-hydrogen) atoms. The van der Waals surface area contributed by atoms with Crippen LogP contribution in [0, 0.1) is 5.82 Å². The second kappa shape index (κ2) is 7.67. The monoisotopic (exact) mass is 382 g/mol. The third kappa shape index (κ3) is 3.66. The molecule has 0 radical (unpaired) electrons. The van der Waals surface area contributed by atoms with Gasteiger partial charge in [0, 0.05) is 19.6 Å². The zero-order chi connectivity index (χ0) is 19.5. The molecule has 0 aliphatic carbocycles. The number of rotatable bonds is 6. The first-order chi connectivity index (χ1) is 13.6. The van der Waals surface area contributed by atoms with E-state index in [2.05, 4.69) is 5.10 Å². The molecule has 0 bridgehead atoms. The van der Waals surface area contributed by atoms with Crippen molar-refractivity contribution in [1.29, 1.82) is 0 Å². The largest absolute Gasteiger partial charge is 0.492 e. The van der Waals surface area contributed by atoms with Crippen molar-refractivity contribution in [2.45, 2.75) is 19.6 Å². The van der Waals surface area contributed by atoms with Gasteiger partial charge in [0.2, 0.25) is 5.82 Å². The Morgan fingerprint density at radius 3 is 2.64 bits per heavy atom. The van der Waals surface area contributed by atoms with Crippen LogP contribution in [-0.2, 0) is 19.6 Å². The first-order valence-corrected chi connectivity index (χ1v) is 9.01. The van der Waals surface area contributed by atoms with Crippen molar-refractivity contribution in [2.24, 2.45) is 0 Å². The van der Waals surface area contributed by atoms with E-state index in [0.717, 1.165) is 0 Å². The van der Waals surface area contributed by atoms with Crippen molar-refractivity contribution in [3.63, 3.8) is 0 Å². The molecule has 144 valence electrons. The normalized spacial score (nSPS) is 13.5. The number of amides is 1. The predicted molar refractivity (Wildman–Crippen MR) is 99.6 cm³/mol. The molecule has 0 N–H and O–H groups in total. The number of benzene rings is 2. The summed E-state index contributed by atoms with van der Waals surface area (Å²) in [6.45, 7) is 1.50. The summed E-state index contributed by atoms with van der Waals surface area (Å²) in [6.07, 6.45) is 0. The van der Waals surface area contributed by atoms with Gasteiger partial charge in [0.1, 0.15) is 18.2 Å². The summed E-state index contributed by atoms with van der Waals surface area (Å²) in [4.78, 5) is 26.8. The van der Waals surface area contributed by atoms with E-state index in [-0.39, 0.29) is 42.9 Å². The highest BCUT2D eigenvalue weighted by Gasteiger charge is 2.29. The fourth-order valence-electron chi connectivity index (χ4n) is 3.18. The van der Waals surface area contributed by atoms with Crippen molar-refractivity contribution in [1.82, 2.24) is 19.2 Å². The van der Waals surface area contributed by atoms with E-state index >= 15 is 0 Å². The van der Waals surface area contributed by atoms with E-state index < -0.39 is 0 Å². The summed E-state index contributed by atoms with van der Waals surface area (Å²) in [6, 6.07) is 15.4. The van der Waals surface area contributed by atoms with Gasteiger partial charge < -0.3 is 9.64 Å². The van der Waals surface area contributed by atoms with Gasteiger partial charge in [0.25, 0.3) is 5.91 Å². The first-order valence-electron chi connectivity index (χ1n) is 9.01. The van der Waals surface area contributed by atoms with Crippen molar-refractivity contribution in [3.05, 3.63) is 82.3 Å². The van der Waals surface area contributed by atoms with Crippen LogP contribution in [0.2, 0.25) is 0 Å². The second-order valence-corrected chi connectivity index (χ2v) is 6.50. The Morgan fingerprint density at radius 1 is 1.04 bits per heavy atom. The minimum atomic E-state index is -0.346. The van der Waals surface area contributed by atoms with Gasteiger partial charge in [-0.25, -0.2) is 13.9 Å². The number of carbonyl (C=O) groups excluding carboxylic acids is 1. The number of halogens is 1. The molecule has 0 saturated carbocycles. The molecule has 2 aromatic carbocycles. The Morgan fingerprint density at radius 2 is 1.86 bits per heavy atom. The number of aromatic nitrogens is 3. The molecule has 7 nitrogen and oxygen atoms in total. The Labute approximate surface area is 160 Å². The fraction of sp³-hybridized carbons (Fsp3) is 0.250. The van der Waals surface area contributed by atoms with Gasteiger partial charge in [-0.15, -0.1) is 5.10 Å². The molecule has 0 unspecified atom stereocenters. The molecule has 3 aromatic rings. The summed E-state index contributed by atoms with van der Waals surface area (Å²) in [5.41, 5.74) is 0.366. The van der Waals surface area contributed by atoms with Gasteiger partial charge in [-0.3, -0.25) is 9.36 Å². The Kier molecular flexibility index (Phi) is 4.92. The average molecular weight is 382 g/mol. The van der Waals surface area contributed by atoms with E-state index in [4.69, 9.17) is 4.74 Å². The number of hydrogen-bond donors (Lipinski definition) is 0. The van der Waals surface area contributed by atoms with Crippen LogP contribution in [0.5, 0.6) is 5.75 Å².